The highest BCUT2D eigenvalue weighted by Gasteiger charge is 2.24. The third kappa shape index (κ3) is 2.65. The van der Waals surface area contributed by atoms with E-state index in [-0.39, 0.29) is 0 Å². The summed E-state index contributed by atoms with van der Waals surface area (Å²) in [6.07, 6.45) is 2.77. The standard InChI is InChI=1S/C16H23N5/c1-12(2)21-16(18-11-19-21)10-20-9-8-14(17-3)13-6-4-5-7-15(13)20/h4-7,11-12,14,17H,8-10H2,1-3H3. The highest BCUT2D eigenvalue weighted by molar-refractivity contribution is 5.56. The zero-order chi connectivity index (χ0) is 14.8. The lowest BCUT2D eigenvalue weighted by Crippen LogP contribution is -2.35. The molecule has 3 rings (SSSR count). The Kier molecular flexibility index (Phi) is 3.92. The number of anilines is 1. The van der Waals surface area contributed by atoms with Gasteiger partial charge in [-0.2, -0.15) is 5.10 Å². The number of benzene rings is 1. The first-order chi connectivity index (χ1) is 10.2. The summed E-state index contributed by atoms with van der Waals surface area (Å²) >= 11 is 0. The minimum absolute atomic E-state index is 0.340. The molecule has 112 valence electrons. The maximum atomic E-state index is 4.44. The highest BCUT2D eigenvalue weighted by Crippen LogP contribution is 2.34. The number of fused-ring (bicyclic) bond motifs is 1. The fourth-order valence-electron chi connectivity index (χ4n) is 3.08. The van der Waals surface area contributed by atoms with Crippen LogP contribution in [-0.2, 0) is 6.54 Å². The zero-order valence-corrected chi connectivity index (χ0v) is 13.0. The minimum atomic E-state index is 0.340. The van der Waals surface area contributed by atoms with Crippen molar-refractivity contribution >= 4 is 5.69 Å². The average Bonchev–Trinajstić information content (AvgIpc) is 2.96. The van der Waals surface area contributed by atoms with Gasteiger partial charge in [-0.3, -0.25) is 0 Å². The largest absolute Gasteiger partial charge is 0.364 e. The normalized spacial score (nSPS) is 18.1. The Balaban J connectivity index is 1.88. The molecule has 2 aromatic rings. The summed E-state index contributed by atoms with van der Waals surface area (Å²) in [5.41, 5.74) is 2.68. The Morgan fingerprint density at radius 3 is 2.90 bits per heavy atom. The molecule has 0 spiro atoms. The monoisotopic (exact) mass is 285 g/mol. The Morgan fingerprint density at radius 2 is 2.14 bits per heavy atom. The molecule has 5 heteroatoms. The van der Waals surface area contributed by atoms with E-state index in [9.17, 15) is 0 Å². The molecule has 0 amide bonds. The Hall–Kier alpha value is -1.88. The summed E-state index contributed by atoms with van der Waals surface area (Å²) in [5.74, 6) is 1.03. The van der Waals surface area contributed by atoms with E-state index in [4.69, 9.17) is 0 Å². The van der Waals surface area contributed by atoms with E-state index in [1.165, 1.54) is 11.3 Å². The molecule has 21 heavy (non-hydrogen) atoms. The van der Waals surface area contributed by atoms with Gasteiger partial charge in [0, 0.05) is 24.3 Å². The van der Waals surface area contributed by atoms with Crippen LogP contribution in [-0.4, -0.2) is 28.4 Å². The van der Waals surface area contributed by atoms with Crippen molar-refractivity contribution < 1.29 is 0 Å². The van der Waals surface area contributed by atoms with Crippen LogP contribution in [0.2, 0.25) is 0 Å². The summed E-state index contributed by atoms with van der Waals surface area (Å²) in [4.78, 5) is 6.85. The molecule has 1 aliphatic rings. The summed E-state index contributed by atoms with van der Waals surface area (Å²) in [7, 11) is 2.03. The number of nitrogens with one attached hydrogen (secondary N) is 1. The molecular weight excluding hydrogens is 262 g/mol. The number of nitrogens with zero attached hydrogens (tertiary/aromatic N) is 4. The van der Waals surface area contributed by atoms with E-state index in [2.05, 4.69) is 58.4 Å². The number of aromatic nitrogens is 3. The van der Waals surface area contributed by atoms with E-state index in [0.717, 1.165) is 25.3 Å². The first kappa shape index (κ1) is 14.1. The fourth-order valence-corrected chi connectivity index (χ4v) is 3.08. The van der Waals surface area contributed by atoms with E-state index in [1.807, 2.05) is 11.7 Å². The molecule has 1 aromatic carbocycles. The zero-order valence-electron chi connectivity index (χ0n) is 13.0. The van der Waals surface area contributed by atoms with Crippen LogP contribution in [0, 0.1) is 0 Å². The second-order valence-corrected chi connectivity index (χ2v) is 5.82. The van der Waals surface area contributed by atoms with Crippen molar-refractivity contribution in [3.63, 3.8) is 0 Å². The van der Waals surface area contributed by atoms with Gasteiger partial charge in [-0.25, -0.2) is 9.67 Å². The van der Waals surface area contributed by atoms with Crippen LogP contribution >= 0.6 is 0 Å². The van der Waals surface area contributed by atoms with Crippen LogP contribution in [0.25, 0.3) is 0 Å². The maximum Gasteiger partial charge on any atom is 0.146 e. The van der Waals surface area contributed by atoms with E-state index < -0.39 is 0 Å². The van der Waals surface area contributed by atoms with Gasteiger partial charge < -0.3 is 10.2 Å². The first-order valence-corrected chi connectivity index (χ1v) is 7.60. The van der Waals surface area contributed by atoms with Gasteiger partial charge in [-0.1, -0.05) is 18.2 Å². The molecule has 0 saturated carbocycles. The van der Waals surface area contributed by atoms with E-state index in [0.29, 0.717) is 12.1 Å². The Bertz CT molecular complexity index is 604. The van der Waals surface area contributed by atoms with Crippen molar-refractivity contribution in [2.45, 2.75) is 38.9 Å². The van der Waals surface area contributed by atoms with Crippen molar-refractivity contribution in [1.82, 2.24) is 20.1 Å². The van der Waals surface area contributed by atoms with Crippen LogP contribution in [0.4, 0.5) is 5.69 Å². The van der Waals surface area contributed by atoms with Crippen molar-refractivity contribution in [3.05, 3.63) is 42.0 Å². The lowest BCUT2D eigenvalue weighted by Gasteiger charge is -2.35. The summed E-state index contributed by atoms with van der Waals surface area (Å²) < 4.78 is 2.01. The predicted octanol–water partition coefficient (Wildman–Crippen LogP) is 2.53. The van der Waals surface area contributed by atoms with Crippen molar-refractivity contribution in [2.24, 2.45) is 0 Å². The van der Waals surface area contributed by atoms with Crippen LogP contribution in [0.15, 0.2) is 30.6 Å². The molecule has 1 N–H and O–H groups in total. The lowest BCUT2D eigenvalue weighted by molar-refractivity contribution is 0.482. The molecule has 1 unspecified atom stereocenters. The van der Waals surface area contributed by atoms with Gasteiger partial charge in [0.25, 0.3) is 0 Å². The molecule has 1 aliphatic heterocycles. The molecule has 2 heterocycles. The quantitative estimate of drug-likeness (QED) is 0.937. The topological polar surface area (TPSA) is 46.0 Å². The van der Waals surface area contributed by atoms with Crippen LogP contribution in [0.1, 0.15) is 43.7 Å². The summed E-state index contributed by atoms with van der Waals surface area (Å²) in [6, 6.07) is 9.43. The second-order valence-electron chi connectivity index (χ2n) is 5.82. The first-order valence-electron chi connectivity index (χ1n) is 7.60. The molecule has 1 atom stereocenters. The van der Waals surface area contributed by atoms with Crippen molar-refractivity contribution in [2.75, 3.05) is 18.5 Å². The molecule has 0 radical (unpaired) electrons. The van der Waals surface area contributed by atoms with Gasteiger partial charge in [0.2, 0.25) is 0 Å². The number of rotatable bonds is 4. The van der Waals surface area contributed by atoms with Crippen LogP contribution in [0.3, 0.4) is 0 Å². The third-order valence-corrected chi connectivity index (χ3v) is 4.16. The van der Waals surface area contributed by atoms with Gasteiger partial charge in [0.05, 0.1) is 6.54 Å². The number of para-hydroxylation sites is 1. The summed E-state index contributed by atoms with van der Waals surface area (Å²) in [6.45, 7) is 6.12. The predicted molar refractivity (Wildman–Crippen MR) is 84.3 cm³/mol. The smallest absolute Gasteiger partial charge is 0.146 e. The molecule has 0 saturated heterocycles. The van der Waals surface area contributed by atoms with E-state index in [1.54, 1.807) is 6.33 Å². The van der Waals surface area contributed by atoms with Crippen molar-refractivity contribution in [3.8, 4) is 0 Å². The van der Waals surface area contributed by atoms with Gasteiger partial charge in [-0.05, 0) is 38.9 Å². The van der Waals surface area contributed by atoms with Gasteiger partial charge >= 0.3 is 0 Å². The lowest BCUT2D eigenvalue weighted by atomic mass is 9.96. The molecular formula is C16H23N5. The molecule has 5 nitrogen and oxygen atoms in total. The van der Waals surface area contributed by atoms with Crippen LogP contribution < -0.4 is 10.2 Å². The van der Waals surface area contributed by atoms with Gasteiger partial charge in [0.15, 0.2) is 0 Å². The molecule has 1 aromatic heterocycles. The van der Waals surface area contributed by atoms with Crippen molar-refractivity contribution in [1.29, 1.82) is 0 Å². The van der Waals surface area contributed by atoms with Gasteiger partial charge in [0.1, 0.15) is 12.2 Å². The Labute approximate surface area is 126 Å². The molecule has 0 fully saturated rings. The van der Waals surface area contributed by atoms with E-state index >= 15 is 0 Å². The minimum Gasteiger partial charge on any atom is -0.364 e. The molecule has 0 bridgehead atoms. The number of hydrogen-bond donors (Lipinski definition) is 1. The fraction of sp³-hybridized carbons (Fsp3) is 0.500. The van der Waals surface area contributed by atoms with Crippen LogP contribution in [0.5, 0.6) is 0 Å². The Morgan fingerprint density at radius 1 is 1.33 bits per heavy atom. The number of hydrogen-bond acceptors (Lipinski definition) is 4. The second kappa shape index (κ2) is 5.85. The SMILES string of the molecule is CNC1CCN(Cc2ncnn2C(C)C)c2ccccc21. The summed E-state index contributed by atoms with van der Waals surface area (Å²) in [5, 5.41) is 7.74. The molecule has 0 aliphatic carbocycles. The maximum absolute atomic E-state index is 4.44. The third-order valence-electron chi connectivity index (χ3n) is 4.16. The average molecular weight is 285 g/mol. The van der Waals surface area contributed by atoms with Gasteiger partial charge in [-0.15, -0.1) is 0 Å². The highest BCUT2D eigenvalue weighted by atomic mass is 15.4.